The normalized spacial score (nSPS) is 11.5. The van der Waals surface area contributed by atoms with Crippen LogP contribution < -0.4 is 11.1 Å². The molecule has 2 rings (SSSR count). The topological polar surface area (TPSA) is 38.0 Å². The van der Waals surface area contributed by atoms with Gasteiger partial charge in [0.2, 0.25) is 0 Å². The van der Waals surface area contributed by atoms with Gasteiger partial charge in [-0.25, -0.2) is 13.2 Å². The summed E-state index contributed by atoms with van der Waals surface area (Å²) in [7, 11) is 0. The molecule has 0 bridgehead atoms. The van der Waals surface area contributed by atoms with Gasteiger partial charge in [0, 0.05) is 12.1 Å². The summed E-state index contributed by atoms with van der Waals surface area (Å²) in [4.78, 5) is 0. The molecule has 0 atom stereocenters. The third-order valence-electron chi connectivity index (χ3n) is 2.66. The fourth-order valence-electron chi connectivity index (χ4n) is 1.62. The van der Waals surface area contributed by atoms with E-state index < -0.39 is 34.9 Å². The molecule has 0 spiro atoms. The molecule has 0 heterocycles. The third-order valence-corrected chi connectivity index (χ3v) is 2.66. The molecule has 0 aliphatic carbocycles. The van der Waals surface area contributed by atoms with Crippen LogP contribution in [0.4, 0.5) is 43.4 Å². The van der Waals surface area contributed by atoms with Crippen molar-refractivity contribution in [3.8, 4) is 0 Å². The highest BCUT2D eigenvalue weighted by atomic mass is 19.4. The van der Waals surface area contributed by atoms with Crippen LogP contribution in [-0.4, -0.2) is 0 Å². The number of benzene rings is 2. The van der Waals surface area contributed by atoms with Crippen molar-refractivity contribution >= 4 is 17.1 Å². The van der Waals surface area contributed by atoms with E-state index >= 15 is 0 Å². The number of rotatable bonds is 2. The first-order valence-corrected chi connectivity index (χ1v) is 5.57. The van der Waals surface area contributed by atoms with E-state index in [1.54, 1.807) is 0 Å². The van der Waals surface area contributed by atoms with Crippen molar-refractivity contribution in [2.75, 3.05) is 11.1 Å². The maximum Gasteiger partial charge on any atom is 0.416 e. The molecule has 2 nitrogen and oxygen atoms in total. The van der Waals surface area contributed by atoms with Gasteiger partial charge in [-0.2, -0.15) is 13.2 Å². The molecule has 0 unspecified atom stereocenters. The number of hydrogen-bond donors (Lipinski definition) is 2. The van der Waals surface area contributed by atoms with Gasteiger partial charge >= 0.3 is 6.18 Å². The minimum atomic E-state index is -4.57. The summed E-state index contributed by atoms with van der Waals surface area (Å²) in [5.41, 5.74) is 3.64. The first kappa shape index (κ1) is 15.0. The van der Waals surface area contributed by atoms with Gasteiger partial charge in [0.05, 0.1) is 22.6 Å². The molecule has 0 saturated heterocycles. The van der Waals surface area contributed by atoms with Crippen molar-refractivity contribution in [3.63, 3.8) is 0 Å². The SMILES string of the molecule is Nc1cc(C(F)(F)F)ccc1Nc1cc(F)c(F)cc1F. The van der Waals surface area contributed by atoms with Crippen molar-refractivity contribution in [2.45, 2.75) is 6.18 Å². The van der Waals surface area contributed by atoms with Crippen LogP contribution in [0.1, 0.15) is 5.56 Å². The number of anilines is 3. The molecule has 8 heteroatoms. The summed E-state index contributed by atoms with van der Waals surface area (Å²) in [6, 6.07) is 3.22. The zero-order chi connectivity index (χ0) is 15.8. The van der Waals surface area contributed by atoms with E-state index in [2.05, 4.69) is 5.32 Å². The lowest BCUT2D eigenvalue weighted by Crippen LogP contribution is -2.07. The molecular formula is C13H8F6N2. The van der Waals surface area contributed by atoms with Crippen molar-refractivity contribution in [2.24, 2.45) is 0 Å². The van der Waals surface area contributed by atoms with Gasteiger partial charge in [-0.05, 0) is 18.2 Å². The highest BCUT2D eigenvalue weighted by molar-refractivity contribution is 5.73. The van der Waals surface area contributed by atoms with Gasteiger partial charge in [0.1, 0.15) is 5.82 Å². The summed E-state index contributed by atoms with van der Waals surface area (Å²) in [6.07, 6.45) is -4.57. The average molecular weight is 306 g/mol. The number of nitrogens with two attached hydrogens (primary N) is 1. The van der Waals surface area contributed by atoms with Crippen molar-refractivity contribution in [3.05, 3.63) is 53.3 Å². The van der Waals surface area contributed by atoms with E-state index in [1.807, 2.05) is 0 Å². The van der Waals surface area contributed by atoms with Gasteiger partial charge in [0.25, 0.3) is 0 Å². The Hall–Kier alpha value is -2.38. The second-order valence-corrected chi connectivity index (χ2v) is 4.17. The monoisotopic (exact) mass is 306 g/mol. The molecule has 0 aliphatic heterocycles. The summed E-state index contributed by atoms with van der Waals surface area (Å²) >= 11 is 0. The maximum absolute atomic E-state index is 13.4. The van der Waals surface area contributed by atoms with Crippen LogP contribution in [0.3, 0.4) is 0 Å². The fraction of sp³-hybridized carbons (Fsp3) is 0.0769. The van der Waals surface area contributed by atoms with E-state index in [4.69, 9.17) is 5.73 Å². The lowest BCUT2D eigenvalue weighted by molar-refractivity contribution is -0.137. The second-order valence-electron chi connectivity index (χ2n) is 4.17. The Bertz CT molecular complexity index is 681. The molecule has 0 radical (unpaired) electrons. The van der Waals surface area contributed by atoms with E-state index in [0.717, 1.165) is 12.1 Å². The van der Waals surface area contributed by atoms with E-state index in [1.165, 1.54) is 0 Å². The Balaban J connectivity index is 2.35. The summed E-state index contributed by atoms with van der Waals surface area (Å²) < 4.78 is 76.6. The second kappa shape index (κ2) is 5.19. The molecule has 21 heavy (non-hydrogen) atoms. The highest BCUT2D eigenvalue weighted by Crippen LogP contribution is 2.34. The molecule has 0 amide bonds. The predicted octanol–water partition coefficient (Wildman–Crippen LogP) is 4.45. The minimum Gasteiger partial charge on any atom is -0.397 e. The third kappa shape index (κ3) is 3.21. The minimum absolute atomic E-state index is 0.0621. The molecular weight excluding hydrogens is 298 g/mol. The molecule has 0 aromatic heterocycles. The first-order valence-electron chi connectivity index (χ1n) is 5.57. The number of nitrogen functional groups attached to an aromatic ring is 1. The molecule has 3 N–H and O–H groups in total. The zero-order valence-corrected chi connectivity index (χ0v) is 10.2. The first-order chi connectivity index (χ1) is 9.68. The van der Waals surface area contributed by atoms with Crippen molar-refractivity contribution in [1.82, 2.24) is 0 Å². The van der Waals surface area contributed by atoms with Crippen molar-refractivity contribution in [1.29, 1.82) is 0 Å². The highest BCUT2D eigenvalue weighted by Gasteiger charge is 2.30. The van der Waals surface area contributed by atoms with Crippen LogP contribution in [-0.2, 0) is 6.18 Å². The van der Waals surface area contributed by atoms with Crippen molar-refractivity contribution < 1.29 is 26.3 Å². The number of nitrogens with one attached hydrogen (secondary N) is 1. The van der Waals surface area contributed by atoms with Gasteiger partial charge in [-0.3, -0.25) is 0 Å². The smallest absolute Gasteiger partial charge is 0.397 e. The van der Waals surface area contributed by atoms with Crippen LogP contribution in [0.15, 0.2) is 30.3 Å². The maximum atomic E-state index is 13.4. The number of hydrogen-bond acceptors (Lipinski definition) is 2. The van der Waals surface area contributed by atoms with Gasteiger partial charge in [-0.1, -0.05) is 0 Å². The van der Waals surface area contributed by atoms with E-state index in [0.29, 0.717) is 18.2 Å². The standard InChI is InChI=1S/C13H8F6N2/c14-7-4-9(16)12(5-8(7)15)21-11-2-1-6(3-10(11)20)13(17,18)19/h1-5,21H,20H2. The van der Waals surface area contributed by atoms with Gasteiger partial charge in [0.15, 0.2) is 11.6 Å². The Morgan fingerprint density at radius 2 is 1.43 bits per heavy atom. The summed E-state index contributed by atoms with van der Waals surface area (Å²) in [6.45, 7) is 0. The van der Waals surface area contributed by atoms with Crippen LogP contribution in [0, 0.1) is 17.5 Å². The predicted molar refractivity (Wildman–Crippen MR) is 65.5 cm³/mol. The Kier molecular flexibility index (Phi) is 3.71. The molecule has 0 fully saturated rings. The van der Waals surface area contributed by atoms with Crippen LogP contribution >= 0.6 is 0 Å². The molecule has 2 aromatic rings. The number of alkyl halides is 3. The fourth-order valence-corrected chi connectivity index (χ4v) is 1.62. The number of halogens is 6. The lowest BCUT2D eigenvalue weighted by atomic mass is 10.1. The zero-order valence-electron chi connectivity index (χ0n) is 10.2. The van der Waals surface area contributed by atoms with Crippen LogP contribution in [0.2, 0.25) is 0 Å². The summed E-state index contributed by atoms with van der Waals surface area (Å²) in [5, 5.41) is 2.31. The molecule has 112 valence electrons. The lowest BCUT2D eigenvalue weighted by Gasteiger charge is -2.13. The van der Waals surface area contributed by atoms with E-state index in [9.17, 15) is 26.3 Å². The Labute approximate surface area is 115 Å². The molecule has 2 aromatic carbocycles. The molecule has 0 saturated carbocycles. The Morgan fingerprint density at radius 3 is 2.00 bits per heavy atom. The van der Waals surface area contributed by atoms with Crippen LogP contribution in [0.25, 0.3) is 0 Å². The Morgan fingerprint density at radius 1 is 0.810 bits per heavy atom. The molecule has 0 aliphatic rings. The average Bonchev–Trinajstić information content (AvgIpc) is 2.36. The quantitative estimate of drug-likeness (QED) is 0.489. The van der Waals surface area contributed by atoms with Gasteiger partial charge < -0.3 is 11.1 Å². The van der Waals surface area contributed by atoms with Crippen LogP contribution in [0.5, 0.6) is 0 Å². The van der Waals surface area contributed by atoms with E-state index in [-0.39, 0.29) is 11.4 Å². The van der Waals surface area contributed by atoms with Gasteiger partial charge in [-0.15, -0.1) is 0 Å². The largest absolute Gasteiger partial charge is 0.416 e. The summed E-state index contributed by atoms with van der Waals surface area (Å²) in [5.74, 6) is -3.78.